The Labute approximate surface area is 245 Å². The van der Waals surface area contributed by atoms with Crippen LogP contribution in [-0.2, 0) is 24.5 Å². The number of benzene rings is 2. The van der Waals surface area contributed by atoms with Crippen molar-refractivity contribution in [2.75, 3.05) is 13.2 Å². The number of esters is 2. The number of hydrogen-bond acceptors (Lipinski definition) is 6. The van der Waals surface area contributed by atoms with Crippen LogP contribution in [0.4, 0.5) is 0 Å². The smallest absolute Gasteiger partial charge is 0.338 e. The molecular weight excluding hydrogens is 516 g/mol. The first-order valence-electron chi connectivity index (χ1n) is 13.9. The maximum atomic E-state index is 11.6. The minimum Gasteiger partial charge on any atom is -0.502 e. The molecule has 1 fully saturated rings. The Kier molecular flexibility index (Phi) is 13.1. The van der Waals surface area contributed by atoms with Crippen LogP contribution in [0.5, 0.6) is 11.5 Å². The Bertz CT molecular complexity index is 1090. The molecule has 0 atom stereocenters. The third-order valence-electron chi connectivity index (χ3n) is 7.14. The molecule has 0 saturated heterocycles. The fraction of sp³-hybridized carbons (Fsp3) is 0.371. The van der Waals surface area contributed by atoms with Crippen LogP contribution in [0, 0.1) is 11.8 Å². The fourth-order valence-electron chi connectivity index (χ4n) is 4.41. The predicted molar refractivity (Wildman–Crippen MR) is 164 cm³/mol. The lowest BCUT2D eigenvalue weighted by Crippen LogP contribution is -2.20. The summed E-state index contributed by atoms with van der Waals surface area (Å²) in [4.78, 5) is 23.2. The topological polar surface area (TPSA) is 71.1 Å². The molecular formula is C35H44O6. The van der Waals surface area contributed by atoms with Crippen LogP contribution in [0.3, 0.4) is 0 Å². The highest BCUT2D eigenvalue weighted by molar-refractivity contribution is 5.89. The molecule has 220 valence electrons. The molecule has 1 aliphatic carbocycles. The van der Waals surface area contributed by atoms with Gasteiger partial charge in [-0.3, -0.25) is 0 Å². The second-order valence-corrected chi connectivity index (χ2v) is 10.9. The van der Waals surface area contributed by atoms with Crippen molar-refractivity contribution in [3.63, 3.8) is 0 Å². The lowest BCUT2D eigenvalue weighted by atomic mass is 9.78. The van der Waals surface area contributed by atoms with E-state index < -0.39 is 11.9 Å². The van der Waals surface area contributed by atoms with Gasteiger partial charge in [0, 0.05) is 16.6 Å². The molecule has 0 spiro atoms. The zero-order valence-electron chi connectivity index (χ0n) is 24.9. The van der Waals surface area contributed by atoms with Crippen molar-refractivity contribution >= 4 is 11.9 Å². The van der Waals surface area contributed by atoms with E-state index in [1.165, 1.54) is 38.2 Å². The van der Waals surface area contributed by atoms with Crippen LogP contribution in [-0.4, -0.2) is 25.2 Å². The minimum absolute atomic E-state index is 0.284. The van der Waals surface area contributed by atoms with E-state index in [1.54, 1.807) is 38.1 Å². The number of ether oxygens (including phenoxy) is 4. The molecule has 0 radical (unpaired) electrons. The molecule has 0 N–H and O–H groups in total. The maximum absolute atomic E-state index is 11.6. The monoisotopic (exact) mass is 560 g/mol. The Morgan fingerprint density at radius 3 is 1.29 bits per heavy atom. The van der Waals surface area contributed by atoms with Gasteiger partial charge in [0.2, 0.25) is 0 Å². The van der Waals surface area contributed by atoms with E-state index in [0.29, 0.717) is 34.5 Å². The Hall–Kier alpha value is -4.06. The van der Waals surface area contributed by atoms with E-state index in [9.17, 15) is 9.59 Å². The second-order valence-electron chi connectivity index (χ2n) is 10.9. The van der Waals surface area contributed by atoms with Crippen molar-refractivity contribution in [2.45, 2.75) is 58.8 Å². The van der Waals surface area contributed by atoms with Crippen molar-refractivity contribution in [2.24, 2.45) is 11.8 Å². The Balaban J connectivity index is 0.000000353. The number of carbonyl (C=O) groups excluding carboxylic acids is 2. The van der Waals surface area contributed by atoms with Gasteiger partial charge in [-0.2, -0.15) is 0 Å². The quantitative estimate of drug-likeness (QED) is 0.113. The second kappa shape index (κ2) is 16.3. The molecule has 2 aromatic carbocycles. The standard InChI is InChI=1S/C23H24O4.C12H20O2/c1-15(2)21(24)26-19-11-7-17(8-12-19)23(5,6)18-9-13-20(14-10-18)27-22(25)16(3)4;1-3-13-9-11-5-7-12(8-6-11)10-14-4-2/h7-14H,1,3H2,2,4-6H3;3-4,11-12H,1-2,5-10H2. The molecule has 0 aliphatic heterocycles. The van der Waals surface area contributed by atoms with Crippen LogP contribution in [0.25, 0.3) is 0 Å². The number of carbonyl (C=O) groups is 2. The van der Waals surface area contributed by atoms with Gasteiger partial charge in [-0.25, -0.2) is 9.59 Å². The normalized spacial score (nSPS) is 16.2. The molecule has 6 heteroatoms. The van der Waals surface area contributed by atoms with E-state index >= 15 is 0 Å². The minimum atomic E-state index is -0.443. The van der Waals surface area contributed by atoms with Gasteiger partial charge in [-0.1, -0.05) is 64.4 Å². The summed E-state index contributed by atoms with van der Waals surface area (Å²) < 4.78 is 20.9. The first kappa shape index (κ1) is 33.1. The molecule has 0 aromatic heterocycles. The van der Waals surface area contributed by atoms with Gasteiger partial charge in [-0.05, 0) is 86.8 Å². The Morgan fingerprint density at radius 2 is 1.02 bits per heavy atom. The van der Waals surface area contributed by atoms with Gasteiger partial charge >= 0.3 is 11.9 Å². The molecule has 1 aliphatic rings. The molecule has 3 rings (SSSR count). The summed E-state index contributed by atoms with van der Waals surface area (Å²) in [5.74, 6) is 1.50. The van der Waals surface area contributed by atoms with Gasteiger partial charge < -0.3 is 18.9 Å². The molecule has 0 unspecified atom stereocenters. The van der Waals surface area contributed by atoms with E-state index in [1.807, 2.05) is 24.3 Å². The van der Waals surface area contributed by atoms with Crippen LogP contribution >= 0.6 is 0 Å². The van der Waals surface area contributed by atoms with Crippen LogP contribution in [0.1, 0.15) is 64.5 Å². The van der Waals surface area contributed by atoms with E-state index in [4.69, 9.17) is 18.9 Å². The summed E-state index contributed by atoms with van der Waals surface area (Å²) in [6, 6.07) is 14.8. The summed E-state index contributed by atoms with van der Waals surface area (Å²) in [6.45, 7) is 23.3. The van der Waals surface area contributed by atoms with Crippen molar-refractivity contribution in [3.05, 3.63) is 110 Å². The van der Waals surface area contributed by atoms with E-state index in [-0.39, 0.29) is 5.41 Å². The van der Waals surface area contributed by atoms with E-state index in [2.05, 4.69) is 40.2 Å². The summed E-state index contributed by atoms with van der Waals surface area (Å²) >= 11 is 0. The third-order valence-corrected chi connectivity index (χ3v) is 7.14. The number of hydrogen-bond donors (Lipinski definition) is 0. The van der Waals surface area contributed by atoms with Crippen LogP contribution < -0.4 is 9.47 Å². The van der Waals surface area contributed by atoms with Gasteiger partial charge in [-0.15, -0.1) is 0 Å². The van der Waals surface area contributed by atoms with E-state index in [0.717, 1.165) is 24.3 Å². The molecule has 6 nitrogen and oxygen atoms in total. The van der Waals surface area contributed by atoms with Crippen molar-refractivity contribution in [1.82, 2.24) is 0 Å². The average molecular weight is 561 g/mol. The molecule has 0 amide bonds. The maximum Gasteiger partial charge on any atom is 0.338 e. The predicted octanol–water partition coefficient (Wildman–Crippen LogP) is 8.09. The Morgan fingerprint density at radius 1 is 0.707 bits per heavy atom. The zero-order chi connectivity index (χ0) is 30.4. The van der Waals surface area contributed by atoms with Crippen LogP contribution in [0.15, 0.2) is 98.5 Å². The fourth-order valence-corrected chi connectivity index (χ4v) is 4.41. The third kappa shape index (κ3) is 10.8. The van der Waals surface area contributed by atoms with Crippen molar-refractivity contribution in [1.29, 1.82) is 0 Å². The van der Waals surface area contributed by atoms with Gasteiger partial charge in [0.25, 0.3) is 0 Å². The van der Waals surface area contributed by atoms with Crippen LogP contribution in [0.2, 0.25) is 0 Å². The molecule has 41 heavy (non-hydrogen) atoms. The highest BCUT2D eigenvalue weighted by atomic mass is 16.5. The molecule has 1 saturated carbocycles. The largest absolute Gasteiger partial charge is 0.502 e. The zero-order valence-corrected chi connectivity index (χ0v) is 24.9. The summed E-state index contributed by atoms with van der Waals surface area (Å²) in [6.07, 6.45) is 8.07. The average Bonchev–Trinajstić information content (AvgIpc) is 2.96. The highest BCUT2D eigenvalue weighted by Crippen LogP contribution is 2.33. The summed E-state index contributed by atoms with van der Waals surface area (Å²) in [5, 5.41) is 0. The number of rotatable bonds is 12. The lowest BCUT2D eigenvalue weighted by Gasteiger charge is -2.27. The van der Waals surface area contributed by atoms with Gasteiger partial charge in [0.15, 0.2) is 0 Å². The molecule has 0 heterocycles. The molecule has 0 bridgehead atoms. The first-order chi connectivity index (χ1) is 19.5. The van der Waals surface area contributed by atoms with Gasteiger partial charge in [0.1, 0.15) is 11.5 Å². The van der Waals surface area contributed by atoms with Gasteiger partial charge in [0.05, 0.1) is 25.7 Å². The summed E-state index contributed by atoms with van der Waals surface area (Å²) in [7, 11) is 0. The lowest BCUT2D eigenvalue weighted by molar-refractivity contribution is -0.130. The van der Waals surface area contributed by atoms with Crippen molar-refractivity contribution < 1.29 is 28.5 Å². The highest BCUT2D eigenvalue weighted by Gasteiger charge is 2.24. The SMILES string of the molecule is C=C(C)C(=O)Oc1ccc(C(C)(C)c2ccc(OC(=O)C(=C)C)cc2)cc1.C=COCC1CCC(COC=C)CC1. The molecule has 2 aromatic rings. The van der Waals surface area contributed by atoms with Crippen molar-refractivity contribution in [3.8, 4) is 11.5 Å². The first-order valence-corrected chi connectivity index (χ1v) is 13.9. The summed E-state index contributed by atoms with van der Waals surface area (Å²) in [5.41, 5.74) is 2.54.